The Morgan fingerprint density at radius 3 is 2.44 bits per heavy atom. The highest BCUT2D eigenvalue weighted by molar-refractivity contribution is 9.10. The molecule has 0 fully saturated rings. The van der Waals surface area contributed by atoms with E-state index in [-0.39, 0.29) is 17.7 Å². The summed E-state index contributed by atoms with van der Waals surface area (Å²) in [4.78, 5) is 25.2. The normalized spacial score (nSPS) is 14.9. The van der Waals surface area contributed by atoms with Gasteiger partial charge in [-0.25, -0.2) is 0 Å². The first-order chi connectivity index (χ1) is 7.50. The molecule has 0 saturated heterocycles. The van der Waals surface area contributed by atoms with Crippen LogP contribution in [-0.4, -0.2) is 23.3 Å². The Hall–Kier alpha value is -1.16. The second-order valence-electron chi connectivity index (χ2n) is 4.30. The van der Waals surface area contributed by atoms with Crippen molar-refractivity contribution < 1.29 is 9.59 Å². The maximum Gasteiger partial charge on any atom is 0.261 e. The summed E-state index contributed by atoms with van der Waals surface area (Å²) in [5, 5.41) is 0. The number of carbonyl (C=O) groups excluding carboxylic acids is 2. The van der Waals surface area contributed by atoms with Crippen LogP contribution >= 0.6 is 15.9 Å². The molecule has 0 aromatic heterocycles. The lowest BCUT2D eigenvalue weighted by Gasteiger charge is -2.15. The van der Waals surface area contributed by atoms with Crippen molar-refractivity contribution in [1.29, 1.82) is 0 Å². The predicted octanol–water partition coefficient (Wildman–Crippen LogP) is 2.70. The van der Waals surface area contributed by atoms with Crippen LogP contribution in [0.25, 0.3) is 0 Å². The summed E-state index contributed by atoms with van der Waals surface area (Å²) in [6.07, 6.45) is 0. The summed E-state index contributed by atoms with van der Waals surface area (Å²) in [6, 6.07) is 5.18. The van der Waals surface area contributed by atoms with Crippen molar-refractivity contribution in [3.8, 4) is 0 Å². The highest BCUT2D eigenvalue weighted by atomic mass is 79.9. The Labute approximate surface area is 103 Å². The van der Waals surface area contributed by atoms with Gasteiger partial charge in [0.05, 0.1) is 11.1 Å². The minimum absolute atomic E-state index is 0.179. The topological polar surface area (TPSA) is 37.4 Å². The van der Waals surface area contributed by atoms with Gasteiger partial charge in [-0.15, -0.1) is 0 Å². The lowest BCUT2D eigenvalue weighted by Crippen LogP contribution is -2.33. The Bertz CT molecular complexity index is 468. The van der Waals surface area contributed by atoms with E-state index in [0.717, 1.165) is 4.47 Å². The van der Waals surface area contributed by atoms with E-state index in [1.165, 1.54) is 4.90 Å². The van der Waals surface area contributed by atoms with Crippen LogP contribution in [0, 0.1) is 5.92 Å². The van der Waals surface area contributed by atoms with Gasteiger partial charge < -0.3 is 0 Å². The molecule has 0 radical (unpaired) electrons. The molecule has 2 amide bonds. The van der Waals surface area contributed by atoms with Gasteiger partial charge in [0.15, 0.2) is 0 Å². The highest BCUT2D eigenvalue weighted by Crippen LogP contribution is 2.26. The zero-order chi connectivity index (χ0) is 11.9. The maximum atomic E-state index is 12.0. The number of hydrogen-bond acceptors (Lipinski definition) is 2. The van der Waals surface area contributed by atoms with Gasteiger partial charge in [-0.05, 0) is 24.1 Å². The molecular weight excluding hydrogens is 270 g/mol. The molecule has 0 spiro atoms. The summed E-state index contributed by atoms with van der Waals surface area (Å²) in [7, 11) is 0. The summed E-state index contributed by atoms with van der Waals surface area (Å²) in [6.45, 7) is 4.45. The van der Waals surface area contributed by atoms with E-state index in [0.29, 0.717) is 17.7 Å². The molecule has 0 atom stereocenters. The quantitative estimate of drug-likeness (QED) is 0.782. The number of amides is 2. The highest BCUT2D eigenvalue weighted by Gasteiger charge is 2.35. The molecule has 0 bridgehead atoms. The molecule has 0 unspecified atom stereocenters. The van der Waals surface area contributed by atoms with Crippen molar-refractivity contribution in [1.82, 2.24) is 4.90 Å². The van der Waals surface area contributed by atoms with Gasteiger partial charge in [-0.2, -0.15) is 0 Å². The van der Waals surface area contributed by atoms with Crippen LogP contribution < -0.4 is 0 Å². The summed E-state index contributed by atoms with van der Waals surface area (Å²) in [5.41, 5.74) is 1.01. The fourth-order valence-corrected chi connectivity index (χ4v) is 2.15. The molecule has 2 rings (SSSR count). The van der Waals surface area contributed by atoms with E-state index in [2.05, 4.69) is 15.9 Å². The fourth-order valence-electron chi connectivity index (χ4n) is 1.79. The standard InChI is InChI=1S/C12H12BrNO2/c1-7(2)6-14-11(15)9-4-3-8(13)5-10(9)12(14)16/h3-5,7H,6H2,1-2H3. The number of benzene rings is 1. The monoisotopic (exact) mass is 281 g/mol. The van der Waals surface area contributed by atoms with Gasteiger partial charge in [0.25, 0.3) is 11.8 Å². The average molecular weight is 282 g/mol. The number of carbonyl (C=O) groups is 2. The molecule has 1 aromatic carbocycles. The Balaban J connectivity index is 2.40. The molecule has 16 heavy (non-hydrogen) atoms. The molecule has 0 N–H and O–H groups in total. The first kappa shape index (κ1) is 11.3. The molecule has 1 aliphatic heterocycles. The Morgan fingerprint density at radius 2 is 1.81 bits per heavy atom. The second kappa shape index (κ2) is 4.01. The second-order valence-corrected chi connectivity index (χ2v) is 5.22. The first-order valence-corrected chi connectivity index (χ1v) is 5.95. The SMILES string of the molecule is CC(C)CN1C(=O)c2ccc(Br)cc2C1=O. The van der Waals surface area contributed by atoms with Crippen LogP contribution in [-0.2, 0) is 0 Å². The zero-order valence-corrected chi connectivity index (χ0v) is 10.7. The van der Waals surface area contributed by atoms with Crippen LogP contribution in [0.4, 0.5) is 0 Å². The maximum absolute atomic E-state index is 12.0. The number of halogens is 1. The van der Waals surface area contributed by atoms with Crippen molar-refractivity contribution in [2.75, 3.05) is 6.54 Å². The fraction of sp³-hybridized carbons (Fsp3) is 0.333. The van der Waals surface area contributed by atoms with E-state index in [1.54, 1.807) is 18.2 Å². The molecule has 84 valence electrons. The van der Waals surface area contributed by atoms with Gasteiger partial charge >= 0.3 is 0 Å². The number of hydrogen-bond donors (Lipinski definition) is 0. The van der Waals surface area contributed by atoms with Gasteiger partial charge in [0, 0.05) is 11.0 Å². The number of imide groups is 1. The lowest BCUT2D eigenvalue weighted by molar-refractivity contribution is 0.0636. The molecular formula is C12H12BrNO2. The molecule has 1 aromatic rings. The van der Waals surface area contributed by atoms with E-state index < -0.39 is 0 Å². The molecule has 3 nitrogen and oxygen atoms in total. The van der Waals surface area contributed by atoms with E-state index in [9.17, 15) is 9.59 Å². The molecule has 1 heterocycles. The van der Waals surface area contributed by atoms with E-state index >= 15 is 0 Å². The largest absolute Gasteiger partial charge is 0.274 e. The minimum atomic E-state index is -0.185. The van der Waals surface area contributed by atoms with Gasteiger partial charge in [0.2, 0.25) is 0 Å². The van der Waals surface area contributed by atoms with Crippen LogP contribution in [0.15, 0.2) is 22.7 Å². The lowest BCUT2D eigenvalue weighted by atomic mass is 10.1. The molecule has 0 aliphatic carbocycles. The molecule has 0 saturated carbocycles. The van der Waals surface area contributed by atoms with E-state index in [4.69, 9.17) is 0 Å². The predicted molar refractivity (Wildman–Crippen MR) is 64.3 cm³/mol. The summed E-state index contributed by atoms with van der Waals surface area (Å²) < 4.78 is 0.818. The van der Waals surface area contributed by atoms with Gasteiger partial charge in [-0.1, -0.05) is 29.8 Å². The molecule has 4 heteroatoms. The smallest absolute Gasteiger partial charge is 0.261 e. The molecule has 1 aliphatic rings. The third-order valence-electron chi connectivity index (χ3n) is 2.48. The summed E-state index contributed by atoms with van der Waals surface area (Å²) in [5.74, 6) is -0.0816. The number of nitrogens with zero attached hydrogens (tertiary/aromatic N) is 1. The van der Waals surface area contributed by atoms with E-state index in [1.807, 2.05) is 13.8 Å². The van der Waals surface area contributed by atoms with Crippen LogP contribution in [0.2, 0.25) is 0 Å². The Morgan fingerprint density at radius 1 is 1.19 bits per heavy atom. The zero-order valence-electron chi connectivity index (χ0n) is 9.16. The van der Waals surface area contributed by atoms with Gasteiger partial charge in [-0.3, -0.25) is 14.5 Å². The summed E-state index contributed by atoms with van der Waals surface area (Å²) >= 11 is 3.30. The van der Waals surface area contributed by atoms with Crippen molar-refractivity contribution in [2.24, 2.45) is 5.92 Å². The van der Waals surface area contributed by atoms with Gasteiger partial charge in [0.1, 0.15) is 0 Å². The van der Waals surface area contributed by atoms with Crippen molar-refractivity contribution >= 4 is 27.7 Å². The van der Waals surface area contributed by atoms with Crippen LogP contribution in [0.3, 0.4) is 0 Å². The average Bonchev–Trinajstić information content (AvgIpc) is 2.43. The third-order valence-corrected chi connectivity index (χ3v) is 2.97. The van der Waals surface area contributed by atoms with Crippen LogP contribution in [0.1, 0.15) is 34.6 Å². The van der Waals surface area contributed by atoms with Crippen molar-refractivity contribution in [3.05, 3.63) is 33.8 Å². The third kappa shape index (κ3) is 1.78. The number of fused-ring (bicyclic) bond motifs is 1. The van der Waals surface area contributed by atoms with Crippen molar-refractivity contribution in [3.63, 3.8) is 0 Å². The number of rotatable bonds is 2. The van der Waals surface area contributed by atoms with Crippen molar-refractivity contribution in [2.45, 2.75) is 13.8 Å². The van der Waals surface area contributed by atoms with Crippen LogP contribution in [0.5, 0.6) is 0 Å². The first-order valence-electron chi connectivity index (χ1n) is 5.16. The minimum Gasteiger partial charge on any atom is -0.274 e. The Kier molecular flexibility index (Phi) is 2.84.